The highest BCUT2D eigenvalue weighted by Gasteiger charge is 2.27. The van der Waals surface area contributed by atoms with Gasteiger partial charge in [-0.25, -0.2) is 4.79 Å². The van der Waals surface area contributed by atoms with Gasteiger partial charge in [0.2, 0.25) is 5.91 Å². The van der Waals surface area contributed by atoms with Gasteiger partial charge in [-0.1, -0.05) is 0 Å². The minimum atomic E-state index is -0.754. The van der Waals surface area contributed by atoms with Crippen LogP contribution in [0.2, 0.25) is 0 Å². The van der Waals surface area contributed by atoms with Gasteiger partial charge in [-0.15, -0.1) is 0 Å². The number of ether oxygens (including phenoxy) is 1. The summed E-state index contributed by atoms with van der Waals surface area (Å²) in [6, 6.07) is -0.754. The second kappa shape index (κ2) is 6.56. The third kappa shape index (κ3) is 5.65. The van der Waals surface area contributed by atoms with E-state index in [-0.39, 0.29) is 12.5 Å². The summed E-state index contributed by atoms with van der Waals surface area (Å²) in [6.45, 7) is 6.79. The largest absolute Gasteiger partial charge is 0.467 e. The molecule has 0 aliphatic heterocycles. The van der Waals surface area contributed by atoms with Crippen LogP contribution < -0.4 is 10.6 Å². The maximum absolute atomic E-state index is 11.4. The fourth-order valence-corrected chi connectivity index (χ4v) is 1.09. The Balaban J connectivity index is 4.45. The van der Waals surface area contributed by atoms with Gasteiger partial charge in [-0.05, 0) is 20.8 Å². The maximum Gasteiger partial charge on any atom is 0.329 e. The quantitative estimate of drug-likeness (QED) is 0.545. The van der Waals surface area contributed by atoms with Crippen LogP contribution in [0.25, 0.3) is 0 Å². The smallest absolute Gasteiger partial charge is 0.329 e. The van der Waals surface area contributed by atoms with E-state index in [4.69, 9.17) is 0 Å². The zero-order chi connectivity index (χ0) is 13.6. The van der Waals surface area contributed by atoms with Crippen LogP contribution in [-0.2, 0) is 14.3 Å². The van der Waals surface area contributed by atoms with Crippen LogP contribution in [-0.4, -0.2) is 48.3 Å². The first-order valence-corrected chi connectivity index (χ1v) is 5.48. The molecule has 0 saturated heterocycles. The Hall–Kier alpha value is -1.14. The molecule has 0 aliphatic rings. The minimum Gasteiger partial charge on any atom is -0.467 e. The van der Waals surface area contributed by atoms with Crippen LogP contribution in [0.3, 0.4) is 0 Å². The van der Waals surface area contributed by atoms with Crippen LogP contribution in [0, 0.1) is 0 Å². The first-order valence-electron chi connectivity index (χ1n) is 5.48. The molecule has 0 saturated carbocycles. The standard InChI is InChI=1S/C11H22N2O4/c1-7(14)11(3,4)12-6-9(10(16)17-5)13-8(2)15/h7,9,12,14H,6H2,1-5H3,(H,13,15). The van der Waals surface area contributed by atoms with Crippen LogP contribution in [0.4, 0.5) is 0 Å². The Morgan fingerprint density at radius 1 is 1.41 bits per heavy atom. The lowest BCUT2D eigenvalue weighted by atomic mass is 9.98. The summed E-state index contributed by atoms with van der Waals surface area (Å²) in [7, 11) is 1.26. The van der Waals surface area contributed by atoms with Crippen molar-refractivity contribution >= 4 is 11.9 Å². The normalized spacial score (nSPS) is 14.9. The number of nitrogens with one attached hydrogen (secondary N) is 2. The number of hydrogen-bond donors (Lipinski definition) is 3. The number of amides is 1. The first kappa shape index (κ1) is 15.9. The van der Waals surface area contributed by atoms with Gasteiger partial charge in [0.15, 0.2) is 0 Å². The number of methoxy groups -OCH3 is 1. The van der Waals surface area contributed by atoms with Crippen LogP contribution in [0.5, 0.6) is 0 Å². The molecule has 6 heteroatoms. The van der Waals surface area contributed by atoms with Crippen molar-refractivity contribution in [3.05, 3.63) is 0 Å². The Morgan fingerprint density at radius 2 is 1.94 bits per heavy atom. The van der Waals surface area contributed by atoms with Crippen LogP contribution in [0.1, 0.15) is 27.7 Å². The molecular formula is C11H22N2O4. The molecular weight excluding hydrogens is 224 g/mol. The van der Waals surface area contributed by atoms with Crippen molar-refractivity contribution in [3.63, 3.8) is 0 Å². The van der Waals surface area contributed by atoms with Gasteiger partial charge < -0.3 is 20.5 Å². The molecule has 2 atom stereocenters. The van der Waals surface area contributed by atoms with Crippen LogP contribution >= 0.6 is 0 Å². The SMILES string of the molecule is COC(=O)C(CNC(C)(C)C(C)O)NC(C)=O. The van der Waals surface area contributed by atoms with E-state index in [1.165, 1.54) is 14.0 Å². The third-order valence-corrected chi connectivity index (χ3v) is 2.67. The zero-order valence-electron chi connectivity index (χ0n) is 11.0. The van der Waals surface area contributed by atoms with Crippen molar-refractivity contribution in [1.82, 2.24) is 10.6 Å². The first-order chi connectivity index (χ1) is 7.70. The molecule has 2 unspecified atom stereocenters. The lowest BCUT2D eigenvalue weighted by Crippen LogP contribution is -2.55. The highest BCUT2D eigenvalue weighted by molar-refractivity contribution is 5.83. The van der Waals surface area contributed by atoms with Crippen molar-refractivity contribution in [2.45, 2.75) is 45.4 Å². The van der Waals surface area contributed by atoms with Crippen LogP contribution in [0.15, 0.2) is 0 Å². The fourth-order valence-electron chi connectivity index (χ4n) is 1.09. The predicted molar refractivity (Wildman–Crippen MR) is 63.4 cm³/mol. The monoisotopic (exact) mass is 246 g/mol. The molecule has 0 rings (SSSR count). The fraction of sp³-hybridized carbons (Fsp3) is 0.818. The Bertz CT molecular complexity index is 277. The molecule has 0 aromatic rings. The molecule has 0 bridgehead atoms. The Kier molecular flexibility index (Phi) is 6.12. The van der Waals surface area contributed by atoms with Crippen molar-refractivity contribution < 1.29 is 19.4 Å². The van der Waals surface area contributed by atoms with Gasteiger partial charge in [-0.2, -0.15) is 0 Å². The molecule has 0 aromatic carbocycles. The molecule has 17 heavy (non-hydrogen) atoms. The average molecular weight is 246 g/mol. The van der Waals surface area contributed by atoms with E-state index in [1.54, 1.807) is 20.8 Å². The van der Waals surface area contributed by atoms with Crippen molar-refractivity contribution in [2.24, 2.45) is 0 Å². The number of carbonyl (C=O) groups excluding carboxylic acids is 2. The molecule has 0 aliphatic carbocycles. The lowest BCUT2D eigenvalue weighted by molar-refractivity contribution is -0.144. The summed E-state index contributed by atoms with van der Waals surface area (Å²) in [5.41, 5.74) is -0.551. The summed E-state index contributed by atoms with van der Waals surface area (Å²) in [5, 5.41) is 15.0. The maximum atomic E-state index is 11.4. The third-order valence-electron chi connectivity index (χ3n) is 2.67. The number of aliphatic hydroxyl groups is 1. The number of hydrogen-bond acceptors (Lipinski definition) is 5. The molecule has 0 heterocycles. The van der Waals surface area contributed by atoms with E-state index in [0.717, 1.165) is 0 Å². The number of rotatable bonds is 6. The van der Waals surface area contributed by atoms with Crippen molar-refractivity contribution in [2.75, 3.05) is 13.7 Å². The second-order valence-electron chi connectivity index (χ2n) is 4.55. The summed E-state index contributed by atoms with van der Waals surface area (Å²) in [6.07, 6.45) is -0.585. The molecule has 3 N–H and O–H groups in total. The van der Waals surface area contributed by atoms with Gasteiger partial charge in [0.1, 0.15) is 6.04 Å². The summed E-state index contributed by atoms with van der Waals surface area (Å²) >= 11 is 0. The average Bonchev–Trinajstić information content (AvgIpc) is 2.22. The number of carbonyl (C=O) groups is 2. The number of esters is 1. The number of aliphatic hydroxyl groups excluding tert-OH is 1. The topological polar surface area (TPSA) is 87.7 Å². The molecule has 0 fully saturated rings. The van der Waals surface area contributed by atoms with Gasteiger partial charge >= 0.3 is 5.97 Å². The Morgan fingerprint density at radius 3 is 2.29 bits per heavy atom. The van der Waals surface area contributed by atoms with E-state index in [0.29, 0.717) is 0 Å². The van der Waals surface area contributed by atoms with Gasteiger partial charge in [0.25, 0.3) is 0 Å². The van der Waals surface area contributed by atoms with Gasteiger partial charge in [-0.3, -0.25) is 4.79 Å². The molecule has 1 amide bonds. The molecule has 0 radical (unpaired) electrons. The van der Waals surface area contributed by atoms with Crippen molar-refractivity contribution in [3.8, 4) is 0 Å². The highest BCUT2D eigenvalue weighted by Crippen LogP contribution is 2.08. The molecule has 6 nitrogen and oxygen atoms in total. The van der Waals surface area contributed by atoms with E-state index >= 15 is 0 Å². The molecule has 0 spiro atoms. The molecule has 100 valence electrons. The van der Waals surface area contributed by atoms with E-state index in [9.17, 15) is 14.7 Å². The van der Waals surface area contributed by atoms with Gasteiger partial charge in [0, 0.05) is 19.0 Å². The highest BCUT2D eigenvalue weighted by atomic mass is 16.5. The summed E-state index contributed by atoms with van der Waals surface area (Å²) in [4.78, 5) is 22.3. The van der Waals surface area contributed by atoms with E-state index in [1.807, 2.05) is 0 Å². The van der Waals surface area contributed by atoms with E-state index < -0.39 is 23.7 Å². The second-order valence-corrected chi connectivity index (χ2v) is 4.55. The predicted octanol–water partition coefficient (Wildman–Crippen LogP) is -0.587. The van der Waals surface area contributed by atoms with Gasteiger partial charge in [0.05, 0.1) is 13.2 Å². The summed E-state index contributed by atoms with van der Waals surface area (Å²) < 4.78 is 4.58. The van der Waals surface area contributed by atoms with Crippen molar-refractivity contribution in [1.29, 1.82) is 0 Å². The zero-order valence-corrected chi connectivity index (χ0v) is 11.0. The lowest BCUT2D eigenvalue weighted by Gasteiger charge is -2.31. The van der Waals surface area contributed by atoms with E-state index in [2.05, 4.69) is 15.4 Å². The molecule has 0 aromatic heterocycles. The minimum absolute atomic E-state index is 0.199. The Labute approximate surface area is 102 Å². The summed E-state index contributed by atoms with van der Waals surface area (Å²) in [5.74, 6) is -0.828.